The van der Waals surface area contributed by atoms with Crippen molar-refractivity contribution in [2.75, 3.05) is 0 Å². The maximum atomic E-state index is 7.97. The number of nitrogens with zero attached hydrogens (tertiary/aromatic N) is 1. The number of nitriles is 1. The third-order valence-corrected chi connectivity index (χ3v) is 0.529. The number of allylic oxidation sites excluding steroid dienone is 5. The maximum absolute atomic E-state index is 7.97. The van der Waals surface area contributed by atoms with Gasteiger partial charge in [0.1, 0.15) is 0 Å². The van der Waals surface area contributed by atoms with E-state index in [1.54, 1.807) is 24.3 Å². The van der Waals surface area contributed by atoms with Crippen molar-refractivity contribution in [3.63, 3.8) is 0 Å². The van der Waals surface area contributed by atoms with Crippen LogP contribution in [0.4, 0.5) is 0 Å². The third-order valence-electron chi connectivity index (χ3n) is 0.529. The first-order valence-electron chi connectivity index (χ1n) is 2.25. The molecule has 0 rings (SSSR count). The van der Waals surface area contributed by atoms with E-state index >= 15 is 0 Å². The predicted octanol–water partition coefficient (Wildman–Crippen LogP) is 1.81. The second kappa shape index (κ2) is 10.3. The summed E-state index contributed by atoms with van der Waals surface area (Å²) < 4.78 is 0. The molecule has 0 fully saturated rings. The summed E-state index contributed by atoms with van der Waals surface area (Å²) >= 11 is 0. The predicted molar refractivity (Wildman–Crippen MR) is 34.1 cm³/mol. The topological polar surface area (TPSA) is 23.8 Å². The van der Waals surface area contributed by atoms with Gasteiger partial charge in [0.2, 0.25) is 0 Å². The van der Waals surface area contributed by atoms with Crippen LogP contribution in [0.15, 0.2) is 37.0 Å². The summed E-state index contributed by atoms with van der Waals surface area (Å²) in [5.74, 6) is 0. The summed E-state index contributed by atoms with van der Waals surface area (Å²) in [7, 11) is 0. The Morgan fingerprint density at radius 2 is 1.89 bits per heavy atom. The van der Waals surface area contributed by atoms with Gasteiger partial charge in [-0.25, -0.2) is 0 Å². The Bertz CT molecular complexity index is 151. The molecule has 2 heteroatoms. The number of rotatable bonds is 2. The van der Waals surface area contributed by atoms with E-state index in [9.17, 15) is 0 Å². The molecule has 0 heterocycles. The zero-order chi connectivity index (χ0) is 6.24. The summed E-state index contributed by atoms with van der Waals surface area (Å²) in [5.41, 5.74) is 0. The number of hydrogen-bond acceptors (Lipinski definition) is 1. The van der Waals surface area contributed by atoms with E-state index in [4.69, 9.17) is 5.26 Å². The van der Waals surface area contributed by atoms with Gasteiger partial charge in [-0.05, 0) is 0 Å². The van der Waals surface area contributed by atoms with Crippen LogP contribution in [0, 0.1) is 11.3 Å². The van der Waals surface area contributed by atoms with E-state index in [2.05, 4.69) is 6.58 Å². The summed E-state index contributed by atoms with van der Waals surface area (Å²) in [6.07, 6.45) is 8.22. The minimum atomic E-state index is 0. The largest absolute Gasteiger partial charge is 0.193 e. The molecule has 0 bridgehead atoms. The Balaban J connectivity index is 0. The van der Waals surface area contributed by atoms with Crippen LogP contribution >= 0.6 is 0 Å². The van der Waals surface area contributed by atoms with Gasteiger partial charge >= 0.3 is 0 Å². The zero-order valence-corrected chi connectivity index (χ0v) is 8.22. The molecule has 0 aliphatic rings. The maximum Gasteiger partial charge on any atom is 0.0912 e. The molecule has 0 spiro atoms. The molecule has 0 radical (unpaired) electrons. The molecule has 0 unspecified atom stereocenters. The molecule has 42 valence electrons. The van der Waals surface area contributed by atoms with Crippen molar-refractivity contribution in [3.8, 4) is 6.07 Å². The van der Waals surface area contributed by atoms with Gasteiger partial charge in [0.05, 0.1) is 6.07 Å². The Labute approximate surface area is 68.1 Å². The molecule has 0 aromatic carbocycles. The van der Waals surface area contributed by atoms with Crippen molar-refractivity contribution in [1.29, 1.82) is 5.26 Å². The molecule has 0 saturated carbocycles. The second-order valence-corrected chi connectivity index (χ2v) is 1.11. The first-order valence-corrected chi connectivity index (χ1v) is 2.25. The molecule has 9 heavy (non-hydrogen) atoms. The Morgan fingerprint density at radius 3 is 2.33 bits per heavy atom. The fourth-order valence-electron chi connectivity index (χ4n) is 0.241. The van der Waals surface area contributed by atoms with Crippen molar-refractivity contribution in [2.24, 2.45) is 0 Å². The van der Waals surface area contributed by atoms with Gasteiger partial charge in [0, 0.05) is 25.6 Å². The van der Waals surface area contributed by atoms with Crippen LogP contribution in [0.5, 0.6) is 0 Å². The fourth-order valence-corrected chi connectivity index (χ4v) is 0.241. The minimum absolute atomic E-state index is 0. The smallest absolute Gasteiger partial charge is 0.0912 e. The van der Waals surface area contributed by atoms with Gasteiger partial charge in [-0.3, -0.25) is 0 Å². The van der Waals surface area contributed by atoms with Gasteiger partial charge in [-0.15, -0.1) is 0 Å². The molecule has 0 aliphatic carbocycles. The second-order valence-electron chi connectivity index (χ2n) is 1.11. The van der Waals surface area contributed by atoms with Gasteiger partial charge < -0.3 is 0 Å². The zero-order valence-electron chi connectivity index (χ0n) is 5.25. The molecule has 0 atom stereocenters. The minimum Gasteiger partial charge on any atom is -0.193 e. The summed E-state index contributed by atoms with van der Waals surface area (Å²) in [5, 5.41) is 7.97. The summed E-state index contributed by atoms with van der Waals surface area (Å²) in [6.45, 7) is 3.45. The Morgan fingerprint density at radius 1 is 1.22 bits per heavy atom. The van der Waals surface area contributed by atoms with E-state index < -0.39 is 0 Å². The van der Waals surface area contributed by atoms with E-state index in [1.165, 1.54) is 6.08 Å². The van der Waals surface area contributed by atoms with Crippen molar-refractivity contribution < 1.29 is 19.5 Å². The van der Waals surface area contributed by atoms with Gasteiger partial charge in [0.15, 0.2) is 0 Å². The van der Waals surface area contributed by atoms with Crippen molar-refractivity contribution in [3.05, 3.63) is 37.0 Å². The summed E-state index contributed by atoms with van der Waals surface area (Å²) in [6, 6.07) is 1.86. The van der Waals surface area contributed by atoms with Crippen molar-refractivity contribution >= 4 is 0 Å². The van der Waals surface area contributed by atoms with Gasteiger partial charge in [-0.1, -0.05) is 30.9 Å². The van der Waals surface area contributed by atoms with Crippen LogP contribution in [0.1, 0.15) is 0 Å². The first-order chi connectivity index (χ1) is 3.91. The molecule has 1 nitrogen and oxygen atoms in total. The number of hydrogen-bond donors (Lipinski definition) is 0. The van der Waals surface area contributed by atoms with Crippen LogP contribution in [-0.4, -0.2) is 0 Å². The molecular formula is C7H7NZn. The van der Waals surface area contributed by atoms with Crippen LogP contribution in [0.2, 0.25) is 0 Å². The standard InChI is InChI=1S/C7H7N.Zn/c1-2-3-4-5-6-7-8;/h2-6H,1H2;. The fraction of sp³-hybridized carbons (Fsp3) is 0. The van der Waals surface area contributed by atoms with E-state index in [0.29, 0.717) is 0 Å². The van der Waals surface area contributed by atoms with Crippen LogP contribution in [0.3, 0.4) is 0 Å². The van der Waals surface area contributed by atoms with Crippen molar-refractivity contribution in [2.45, 2.75) is 0 Å². The van der Waals surface area contributed by atoms with Crippen molar-refractivity contribution in [1.82, 2.24) is 0 Å². The molecule has 0 N–H and O–H groups in total. The molecule has 0 aromatic heterocycles. The van der Waals surface area contributed by atoms with Crippen LogP contribution in [0.25, 0.3) is 0 Å². The van der Waals surface area contributed by atoms with E-state index in [1.807, 2.05) is 6.07 Å². The third kappa shape index (κ3) is 11.1. The molecular weight excluding hydrogens is 163 g/mol. The Kier molecular flexibility index (Phi) is 12.8. The van der Waals surface area contributed by atoms with Crippen LogP contribution < -0.4 is 0 Å². The SMILES string of the molecule is C=CC=CC=CC#N.[Zn]. The normalized spacial score (nSPS) is 8.78. The first kappa shape index (κ1) is 11.2. The van der Waals surface area contributed by atoms with E-state index in [0.717, 1.165) is 0 Å². The Hall–Kier alpha value is -0.667. The van der Waals surface area contributed by atoms with Gasteiger partial charge in [-0.2, -0.15) is 5.26 Å². The monoisotopic (exact) mass is 169 g/mol. The average molecular weight is 171 g/mol. The summed E-state index contributed by atoms with van der Waals surface area (Å²) in [4.78, 5) is 0. The average Bonchev–Trinajstić information content (AvgIpc) is 1.81. The van der Waals surface area contributed by atoms with Crippen LogP contribution in [-0.2, 0) is 19.5 Å². The molecule has 0 saturated heterocycles. The molecule has 0 aliphatic heterocycles. The molecule has 0 aromatic rings. The quantitative estimate of drug-likeness (QED) is 0.352. The van der Waals surface area contributed by atoms with Gasteiger partial charge in [0.25, 0.3) is 0 Å². The molecule has 0 amide bonds. The van der Waals surface area contributed by atoms with E-state index in [-0.39, 0.29) is 19.5 Å².